The van der Waals surface area contributed by atoms with Crippen molar-refractivity contribution in [2.75, 3.05) is 52.1 Å². The number of rotatable bonds is 15. The van der Waals surface area contributed by atoms with Crippen molar-refractivity contribution in [3.05, 3.63) is 17.5 Å². The number of carbonyl (C=O) groups excluding carboxylic acids is 1. The summed E-state index contributed by atoms with van der Waals surface area (Å²) in [6, 6.07) is 2.80. The monoisotopic (exact) mass is 595 g/mol. The number of hydrogen-bond donors (Lipinski definition) is 3. The Labute approximate surface area is 255 Å². The van der Waals surface area contributed by atoms with Crippen molar-refractivity contribution in [1.29, 1.82) is 0 Å². The third kappa shape index (κ3) is 15.2. The molecule has 1 aromatic rings. The van der Waals surface area contributed by atoms with Crippen molar-refractivity contribution in [2.45, 2.75) is 123 Å². The van der Waals surface area contributed by atoms with E-state index in [0.29, 0.717) is 24.1 Å². The molecule has 9 heteroatoms. The molecule has 2 atom stereocenters. The maximum Gasteiger partial charge on any atom is 0.273 e. The van der Waals surface area contributed by atoms with E-state index in [1.807, 2.05) is 18.9 Å². The average Bonchev–Trinajstić information content (AvgIpc) is 3.48. The lowest BCUT2D eigenvalue weighted by Gasteiger charge is -2.31. The smallest absolute Gasteiger partial charge is 0.273 e. The number of aromatic nitrogens is 1. The van der Waals surface area contributed by atoms with Crippen LogP contribution in [0, 0.1) is 5.92 Å². The summed E-state index contributed by atoms with van der Waals surface area (Å²) in [5.74, 6) is 1.91. The first-order chi connectivity index (χ1) is 19.9. The average molecular weight is 596 g/mol. The lowest BCUT2D eigenvalue weighted by molar-refractivity contribution is 0.0920. The second kappa shape index (κ2) is 21.5. The first-order valence-corrected chi connectivity index (χ1v) is 17.7. The molecule has 1 aromatic heterocycles. The fourth-order valence-electron chi connectivity index (χ4n) is 5.38. The Kier molecular flexibility index (Phi) is 18.9. The quantitative estimate of drug-likeness (QED) is 0.210. The van der Waals surface area contributed by atoms with Gasteiger partial charge in [-0.2, -0.15) is 0 Å². The third-order valence-electron chi connectivity index (χ3n) is 8.30. The molecule has 0 aromatic carbocycles. The molecule has 0 bridgehead atoms. The van der Waals surface area contributed by atoms with Gasteiger partial charge in [0, 0.05) is 56.9 Å². The second-order valence-corrected chi connectivity index (χ2v) is 12.9. The third-order valence-corrected chi connectivity index (χ3v) is 9.18. The molecule has 0 unspecified atom stereocenters. The van der Waals surface area contributed by atoms with E-state index in [4.69, 9.17) is 9.63 Å². The Hall–Kier alpha value is -1.13. The van der Waals surface area contributed by atoms with Gasteiger partial charge in [-0.1, -0.05) is 64.1 Å². The molecule has 1 saturated carbocycles. The molecule has 8 nitrogen and oxygen atoms in total. The number of carbonyl (C=O) groups is 1. The molecule has 0 spiro atoms. The first kappa shape index (κ1) is 36.1. The van der Waals surface area contributed by atoms with Gasteiger partial charge >= 0.3 is 0 Å². The maximum absolute atomic E-state index is 12.2. The van der Waals surface area contributed by atoms with E-state index >= 15 is 0 Å². The zero-order valence-corrected chi connectivity index (χ0v) is 27.7. The number of piperidine rings is 1. The van der Waals surface area contributed by atoms with Gasteiger partial charge in [0.2, 0.25) is 0 Å². The van der Waals surface area contributed by atoms with Crippen molar-refractivity contribution >= 4 is 17.9 Å². The van der Waals surface area contributed by atoms with Crippen molar-refractivity contribution in [2.24, 2.45) is 5.92 Å². The van der Waals surface area contributed by atoms with Crippen LogP contribution in [0.2, 0.25) is 0 Å². The Balaban J connectivity index is 0.000000261. The predicted molar refractivity (Wildman–Crippen MR) is 172 cm³/mol. The summed E-state index contributed by atoms with van der Waals surface area (Å²) in [7, 11) is 0. The minimum atomic E-state index is -0.0970. The number of aliphatic hydroxyl groups excluding tert-OH is 1. The van der Waals surface area contributed by atoms with Crippen LogP contribution in [-0.4, -0.2) is 89.6 Å². The van der Waals surface area contributed by atoms with Gasteiger partial charge in [0.15, 0.2) is 5.69 Å². The van der Waals surface area contributed by atoms with Crippen LogP contribution in [0.5, 0.6) is 0 Å². The summed E-state index contributed by atoms with van der Waals surface area (Å²) in [6.45, 7) is 16.5. The summed E-state index contributed by atoms with van der Waals surface area (Å²) >= 11 is 1.89. The van der Waals surface area contributed by atoms with E-state index < -0.39 is 0 Å². The molecule has 238 valence electrons. The molecular formula is C32H61N5O3S. The lowest BCUT2D eigenvalue weighted by atomic mass is 9.95. The molecular weight excluding hydrogens is 534 g/mol. The highest BCUT2D eigenvalue weighted by Gasteiger charge is 2.29. The molecule has 2 aliphatic heterocycles. The Bertz CT molecular complexity index is 790. The fourth-order valence-corrected chi connectivity index (χ4v) is 5.95. The minimum Gasteiger partial charge on any atom is -0.396 e. The van der Waals surface area contributed by atoms with E-state index in [1.165, 1.54) is 84.2 Å². The Morgan fingerprint density at radius 3 is 2.37 bits per heavy atom. The molecule has 1 amide bonds. The zero-order valence-electron chi connectivity index (χ0n) is 26.8. The molecule has 41 heavy (non-hydrogen) atoms. The van der Waals surface area contributed by atoms with E-state index in [1.54, 1.807) is 6.07 Å². The standard InChI is InChI=1S/C17H28N2O2.C12H25N3S.C3H8O/c1-4-6-7-12(3)10-14(5-2)18-17(20)15-11-16(21-19-15)13-8-9-13;1-16-15-9-4-12(5-10-15)13-6-11-14-7-2-3-8-14;1-2-3-4/h11-14H,4-10H2,1-3H3,(H,18,20);12-13H,2-11H2,1H3;4H,2-3H2,1H3/t12-,14+;;/m1../s1. The molecule has 0 radical (unpaired) electrons. The van der Waals surface area contributed by atoms with Gasteiger partial charge in [-0.3, -0.25) is 9.10 Å². The van der Waals surface area contributed by atoms with E-state index in [-0.39, 0.29) is 11.9 Å². The minimum absolute atomic E-state index is 0.0970. The van der Waals surface area contributed by atoms with Crippen LogP contribution >= 0.6 is 11.9 Å². The summed E-state index contributed by atoms with van der Waals surface area (Å²) in [6.07, 6.45) is 16.5. The van der Waals surface area contributed by atoms with Crippen LogP contribution in [0.1, 0.15) is 127 Å². The predicted octanol–water partition coefficient (Wildman–Crippen LogP) is 6.08. The van der Waals surface area contributed by atoms with Crippen LogP contribution in [0.4, 0.5) is 0 Å². The second-order valence-electron chi connectivity index (χ2n) is 12.1. The van der Waals surface area contributed by atoms with Gasteiger partial charge in [0.05, 0.1) is 0 Å². The molecule has 3 N–H and O–H groups in total. The SMILES string of the molecule is CCCC[C@@H](C)C[C@H](CC)NC(=O)c1cc(C2CC2)on1.CCCO.CSN1CCC(NCCN2CCCC2)CC1. The number of hydrogen-bond acceptors (Lipinski definition) is 8. The van der Waals surface area contributed by atoms with E-state index in [2.05, 4.69) is 52.0 Å². The summed E-state index contributed by atoms with van der Waals surface area (Å²) < 4.78 is 7.72. The topological polar surface area (TPSA) is 93.9 Å². The number of unbranched alkanes of at least 4 members (excludes halogenated alkanes) is 1. The summed E-state index contributed by atoms with van der Waals surface area (Å²) in [4.78, 5) is 14.8. The van der Waals surface area contributed by atoms with Crippen LogP contribution < -0.4 is 10.6 Å². The van der Waals surface area contributed by atoms with E-state index in [9.17, 15) is 4.79 Å². The van der Waals surface area contributed by atoms with Crippen LogP contribution in [-0.2, 0) is 0 Å². The molecule has 2 saturated heterocycles. The Morgan fingerprint density at radius 2 is 1.80 bits per heavy atom. The number of nitrogens with zero attached hydrogens (tertiary/aromatic N) is 3. The first-order valence-electron chi connectivity index (χ1n) is 16.6. The molecule has 3 heterocycles. The van der Waals surface area contributed by atoms with Gasteiger partial charge in [0.25, 0.3) is 5.91 Å². The van der Waals surface area contributed by atoms with Crippen molar-refractivity contribution in [3.8, 4) is 0 Å². The number of nitrogens with one attached hydrogen (secondary N) is 2. The van der Waals surface area contributed by atoms with Crippen LogP contribution in [0.15, 0.2) is 10.6 Å². The van der Waals surface area contributed by atoms with Gasteiger partial charge in [-0.15, -0.1) is 0 Å². The van der Waals surface area contributed by atoms with Crippen molar-refractivity contribution in [3.63, 3.8) is 0 Å². The van der Waals surface area contributed by atoms with Gasteiger partial charge in [-0.05, 0) is 83.1 Å². The van der Waals surface area contributed by atoms with E-state index in [0.717, 1.165) is 43.9 Å². The molecule has 1 aliphatic carbocycles. The van der Waals surface area contributed by atoms with Gasteiger partial charge in [-0.25, -0.2) is 0 Å². The zero-order chi connectivity index (χ0) is 29.9. The summed E-state index contributed by atoms with van der Waals surface area (Å²) in [5, 5.41) is 18.6. The van der Waals surface area contributed by atoms with Gasteiger partial charge in [0.1, 0.15) is 5.76 Å². The van der Waals surface area contributed by atoms with Crippen molar-refractivity contribution < 1.29 is 14.4 Å². The van der Waals surface area contributed by atoms with Crippen LogP contribution in [0.25, 0.3) is 0 Å². The molecule has 4 rings (SSSR count). The Morgan fingerprint density at radius 1 is 1.12 bits per heavy atom. The highest BCUT2D eigenvalue weighted by molar-refractivity contribution is 7.96. The highest BCUT2D eigenvalue weighted by Crippen LogP contribution is 2.40. The number of likely N-dealkylation sites (tertiary alicyclic amines) is 1. The normalized spacial score (nSPS) is 19.6. The van der Waals surface area contributed by atoms with Crippen LogP contribution in [0.3, 0.4) is 0 Å². The number of aliphatic hydroxyl groups is 1. The molecule has 3 fully saturated rings. The lowest BCUT2D eigenvalue weighted by Crippen LogP contribution is -2.42. The van der Waals surface area contributed by atoms with Crippen molar-refractivity contribution in [1.82, 2.24) is 25.0 Å². The number of amides is 1. The fraction of sp³-hybridized carbons (Fsp3) is 0.875. The highest BCUT2D eigenvalue weighted by atomic mass is 32.2. The largest absolute Gasteiger partial charge is 0.396 e. The maximum atomic E-state index is 12.2. The summed E-state index contributed by atoms with van der Waals surface area (Å²) in [5.41, 5.74) is 0.427. The molecule has 3 aliphatic rings. The van der Waals surface area contributed by atoms with Gasteiger partial charge < -0.3 is 25.2 Å².